The largest absolute Gasteiger partial charge is 1.00 e. The van der Waals surface area contributed by atoms with Crippen molar-refractivity contribution in [1.29, 1.82) is 0 Å². The summed E-state index contributed by atoms with van der Waals surface area (Å²) in [6.45, 7) is 13.2. The van der Waals surface area contributed by atoms with Gasteiger partial charge in [0.25, 0.3) is 0 Å². The van der Waals surface area contributed by atoms with Crippen LogP contribution in [0.25, 0.3) is 12.2 Å². The van der Waals surface area contributed by atoms with Crippen LogP contribution in [0.5, 0.6) is 0 Å². The predicted octanol–water partition coefficient (Wildman–Crippen LogP) is 0.103. The van der Waals surface area contributed by atoms with Crippen molar-refractivity contribution in [3.05, 3.63) is 106 Å². The Morgan fingerprint density at radius 3 is 1.54 bits per heavy atom. The van der Waals surface area contributed by atoms with Crippen molar-refractivity contribution in [2.75, 3.05) is 0 Å². The molecule has 4 heteroatoms. The van der Waals surface area contributed by atoms with Gasteiger partial charge in [-0.25, -0.2) is 0 Å². The van der Waals surface area contributed by atoms with E-state index in [1.807, 2.05) is 0 Å². The summed E-state index contributed by atoms with van der Waals surface area (Å²) in [5, 5.41) is 0. The minimum atomic E-state index is -2.24. The van der Waals surface area contributed by atoms with Crippen molar-refractivity contribution in [3.8, 4) is 0 Å². The summed E-state index contributed by atoms with van der Waals surface area (Å²) < 4.78 is 1.34. The molecule has 2 unspecified atom stereocenters. The molecule has 2 atom stereocenters. The Hall–Kier alpha value is -0.933. The Bertz CT molecular complexity index is 872. The molecule has 0 saturated carbocycles. The number of allylic oxidation sites excluding steroid dienone is 2. The van der Waals surface area contributed by atoms with Crippen LogP contribution in [0, 0.1) is 0 Å². The molecule has 0 fully saturated rings. The molecule has 2 aliphatic rings. The van der Waals surface area contributed by atoms with Crippen molar-refractivity contribution in [3.63, 3.8) is 0 Å². The van der Waals surface area contributed by atoms with E-state index in [9.17, 15) is 0 Å². The quantitative estimate of drug-likeness (QED) is 0.434. The molecule has 0 radical (unpaired) electrons. The van der Waals surface area contributed by atoms with Crippen LogP contribution in [-0.4, -0.2) is 5.98 Å². The first kappa shape index (κ1) is 23.3. The van der Waals surface area contributed by atoms with E-state index >= 15 is 0 Å². The van der Waals surface area contributed by atoms with Gasteiger partial charge in [-0.05, 0) is 0 Å². The molecule has 4 rings (SSSR count). The molecular weight excluding hydrogens is 566 g/mol. The van der Waals surface area contributed by atoms with Crippen LogP contribution < -0.4 is 24.8 Å². The van der Waals surface area contributed by atoms with Crippen LogP contribution in [0.15, 0.2) is 84.2 Å². The Labute approximate surface area is 190 Å². The number of rotatable bonds is 5. The van der Waals surface area contributed by atoms with Crippen molar-refractivity contribution in [2.24, 2.45) is 0 Å². The van der Waals surface area contributed by atoms with Gasteiger partial charge in [0.05, 0.1) is 0 Å². The summed E-state index contributed by atoms with van der Waals surface area (Å²) in [7, 11) is 0. The van der Waals surface area contributed by atoms with Crippen molar-refractivity contribution < 1.29 is 45.4 Å². The summed E-state index contributed by atoms with van der Waals surface area (Å²) in [6.07, 6.45) is 4.87. The molecule has 0 aliphatic heterocycles. The molecule has 2 aromatic rings. The van der Waals surface area contributed by atoms with E-state index in [1.165, 1.54) is 11.1 Å². The van der Waals surface area contributed by atoms with E-state index in [-0.39, 0.29) is 24.8 Å². The molecular formula is C24H25Cl2HfSi. The second-order valence-corrected chi connectivity index (χ2v) is 29.8. The normalized spacial score (nSPS) is 18.8. The molecule has 2 aliphatic carbocycles. The fraction of sp³-hybridized carbons (Fsp3) is 0.167. The van der Waals surface area contributed by atoms with E-state index in [4.69, 9.17) is 0 Å². The van der Waals surface area contributed by atoms with Crippen LogP contribution in [-0.2, 0) is 20.6 Å². The van der Waals surface area contributed by atoms with Crippen LogP contribution in [0.2, 0.25) is 0 Å². The molecule has 0 saturated heterocycles. The number of hydrogen-bond donors (Lipinski definition) is 0. The average molecular weight is 591 g/mol. The maximum atomic E-state index is 4.26. The number of halogens is 2. The van der Waals surface area contributed by atoms with Gasteiger partial charge in [0.1, 0.15) is 0 Å². The SMILES string of the molecule is C=C[SiH](C=C)[Hf+2]([CH]1C(C)=Cc2ccccc21)[CH]1C(C)=Cc2ccccc21.[Cl-].[Cl-]. The second kappa shape index (κ2) is 9.71. The third-order valence-corrected chi connectivity index (χ3v) is 36.8. The summed E-state index contributed by atoms with van der Waals surface area (Å²) in [6, 6.07) is 18.1. The van der Waals surface area contributed by atoms with Crippen LogP contribution in [0.4, 0.5) is 0 Å². The molecule has 0 aromatic heterocycles. The number of hydrogen-bond acceptors (Lipinski definition) is 0. The van der Waals surface area contributed by atoms with Crippen molar-refractivity contribution in [1.82, 2.24) is 0 Å². The third kappa shape index (κ3) is 3.89. The molecule has 2 aromatic carbocycles. The number of benzene rings is 2. The average Bonchev–Trinajstić information content (AvgIpc) is 3.15. The first-order chi connectivity index (χ1) is 12.7. The van der Waals surface area contributed by atoms with Gasteiger partial charge in [0.15, 0.2) is 0 Å². The smallest absolute Gasteiger partial charge is 1.00 e. The van der Waals surface area contributed by atoms with Gasteiger partial charge in [-0.15, -0.1) is 0 Å². The van der Waals surface area contributed by atoms with Gasteiger partial charge >= 0.3 is 166 Å². The monoisotopic (exact) mass is 591 g/mol. The third-order valence-electron chi connectivity index (χ3n) is 5.85. The fourth-order valence-electron chi connectivity index (χ4n) is 4.76. The standard InChI is InChI=1S/2C10H9.C4H7Si.2ClH.Hf/c2*1-8-6-9-4-2-3-5-10(9)7-8;1-3-5-4-2;;;/h2*2-7H,1H3;3-5H,1-2H2;2*1H;/q;;;;;+2/p-2. The van der Waals surface area contributed by atoms with Crippen LogP contribution in [0.1, 0.15) is 43.5 Å². The molecule has 0 nitrogen and oxygen atoms in total. The molecule has 0 N–H and O–H groups in total. The van der Waals surface area contributed by atoms with Gasteiger partial charge < -0.3 is 24.8 Å². The molecule has 0 bridgehead atoms. The van der Waals surface area contributed by atoms with Crippen LogP contribution in [0.3, 0.4) is 0 Å². The summed E-state index contributed by atoms with van der Waals surface area (Å²) >= 11 is -2.24. The Morgan fingerprint density at radius 1 is 0.750 bits per heavy atom. The number of fused-ring (bicyclic) bond motifs is 2. The Balaban J connectivity index is 0.00000140. The Kier molecular flexibility index (Phi) is 8.10. The van der Waals surface area contributed by atoms with Crippen molar-refractivity contribution in [2.45, 2.75) is 21.2 Å². The van der Waals surface area contributed by atoms with E-state index in [2.05, 4.69) is 99.1 Å². The van der Waals surface area contributed by atoms with Gasteiger partial charge in [-0.3, -0.25) is 0 Å². The van der Waals surface area contributed by atoms with Crippen LogP contribution >= 0.6 is 0 Å². The molecule has 143 valence electrons. The summed E-state index contributed by atoms with van der Waals surface area (Å²) in [5.41, 5.74) is 13.8. The molecule has 0 amide bonds. The minimum Gasteiger partial charge on any atom is -1.00 e. The summed E-state index contributed by atoms with van der Waals surface area (Å²) in [5.74, 6) is -1.15. The zero-order chi connectivity index (χ0) is 18.3. The van der Waals surface area contributed by atoms with Gasteiger partial charge in [-0.2, -0.15) is 0 Å². The first-order valence-corrected chi connectivity index (χ1v) is 21.6. The summed E-state index contributed by atoms with van der Waals surface area (Å²) in [4.78, 5) is 0. The van der Waals surface area contributed by atoms with Gasteiger partial charge in [-0.1, -0.05) is 0 Å². The molecule has 28 heavy (non-hydrogen) atoms. The van der Waals surface area contributed by atoms with Crippen molar-refractivity contribution >= 4 is 18.1 Å². The van der Waals surface area contributed by atoms with E-state index in [0.717, 1.165) is 0 Å². The first-order valence-electron chi connectivity index (χ1n) is 9.31. The zero-order valence-corrected chi connectivity index (χ0v) is 22.6. The minimum absolute atomic E-state index is 0. The maximum absolute atomic E-state index is 4.26. The zero-order valence-electron chi connectivity index (χ0n) is 16.3. The van der Waals surface area contributed by atoms with Gasteiger partial charge in [0, 0.05) is 0 Å². The maximum Gasteiger partial charge on any atom is -1.00 e. The van der Waals surface area contributed by atoms with E-state index in [0.29, 0.717) is 7.35 Å². The Morgan fingerprint density at radius 2 is 1.14 bits per heavy atom. The van der Waals surface area contributed by atoms with E-state index < -0.39 is 26.6 Å². The van der Waals surface area contributed by atoms with E-state index in [1.54, 1.807) is 22.3 Å². The van der Waals surface area contributed by atoms with Gasteiger partial charge in [0.2, 0.25) is 0 Å². The predicted molar refractivity (Wildman–Crippen MR) is 113 cm³/mol. The molecule has 0 heterocycles. The topological polar surface area (TPSA) is 0 Å². The molecule has 0 spiro atoms. The fourth-order valence-corrected chi connectivity index (χ4v) is 37.7. The second-order valence-electron chi connectivity index (χ2n) is 7.40.